The van der Waals surface area contributed by atoms with E-state index in [0.717, 1.165) is 6.42 Å². The lowest BCUT2D eigenvalue weighted by Crippen LogP contribution is -2.48. The van der Waals surface area contributed by atoms with Crippen LogP contribution in [0.25, 0.3) is 0 Å². The Morgan fingerprint density at radius 3 is 0.693 bits per heavy atom. The fourth-order valence-corrected chi connectivity index (χ4v) is 44.7. The van der Waals surface area contributed by atoms with E-state index in [-0.39, 0.29) is 0 Å². The highest BCUT2D eigenvalue weighted by atomic mass is 31.2. The standard InChI is InChI=1S/C81H133NP2Si4/c1-13-25-59-85(60-26-14-2,61-27-15-3)76-50-42-72(43-51-76)83(73-44-52-77(53-45-73)86(62-28-16-4,63-29-17-5)64-30-18-6)82(81-58-41-71-39-37-38-40-80(71)81)84(74-46-54-78(55-47-74)87(65-31-19-7,66-32-20-8)67-33-21-9)75-48-56-79(57-49-75)88(68-34-22-10,69-35-23-11)70-36-24-12/h37-40,42-57,81H,13-36,41,58-70H2,1-12H3. The van der Waals surface area contributed by atoms with E-state index in [9.17, 15) is 0 Å². The van der Waals surface area contributed by atoms with Gasteiger partial charge in [-0.25, -0.2) is 4.44 Å². The van der Waals surface area contributed by atoms with E-state index >= 15 is 0 Å². The molecule has 488 valence electrons. The van der Waals surface area contributed by atoms with Crippen molar-refractivity contribution in [3.05, 3.63) is 132 Å². The molecule has 0 radical (unpaired) electrons. The quantitative estimate of drug-likeness (QED) is 0.0277. The Kier molecular flexibility index (Phi) is 34.1. The number of nitrogens with zero attached hydrogens (tertiary/aromatic N) is 1. The van der Waals surface area contributed by atoms with Crippen LogP contribution in [-0.4, -0.2) is 36.7 Å². The van der Waals surface area contributed by atoms with Crippen LogP contribution in [0, 0.1) is 0 Å². The van der Waals surface area contributed by atoms with Crippen LogP contribution in [0.3, 0.4) is 0 Å². The fourth-order valence-electron chi connectivity index (χ4n) is 16.2. The van der Waals surface area contributed by atoms with E-state index < -0.39 is 48.4 Å². The smallest absolute Gasteiger partial charge is 0.0867 e. The first-order valence-corrected chi connectivity index (χ1v) is 51.0. The molecule has 1 nitrogen and oxygen atoms in total. The molecule has 5 aromatic rings. The molecular weight excluding hydrogens is 1160 g/mol. The van der Waals surface area contributed by atoms with Gasteiger partial charge in [0.15, 0.2) is 0 Å². The van der Waals surface area contributed by atoms with Crippen LogP contribution in [-0.2, 0) is 6.42 Å². The Morgan fingerprint density at radius 1 is 0.284 bits per heavy atom. The summed E-state index contributed by atoms with van der Waals surface area (Å²) in [5.74, 6) is 0. The van der Waals surface area contributed by atoms with Gasteiger partial charge in [-0.2, -0.15) is 0 Å². The first-order valence-electron chi connectivity index (χ1n) is 37.9. The summed E-state index contributed by atoms with van der Waals surface area (Å²) in [5.41, 5.74) is 3.17. The maximum atomic E-state index is 3.29. The average molecular weight is 1300 g/mol. The Morgan fingerprint density at radius 2 is 0.489 bits per heavy atom. The lowest BCUT2D eigenvalue weighted by Gasteiger charge is -2.44. The summed E-state index contributed by atoms with van der Waals surface area (Å²) in [4.78, 5) is 0. The summed E-state index contributed by atoms with van der Waals surface area (Å²) in [5, 5.41) is 13.3. The second-order valence-electron chi connectivity index (χ2n) is 28.2. The highest BCUT2D eigenvalue weighted by molar-refractivity contribution is 7.84. The molecule has 0 aromatic heterocycles. The maximum Gasteiger partial charge on any atom is 0.0867 e. The van der Waals surface area contributed by atoms with Crippen molar-refractivity contribution in [2.45, 2.75) is 329 Å². The van der Waals surface area contributed by atoms with Crippen molar-refractivity contribution >= 4 is 90.4 Å². The normalized spacial score (nSPS) is 14.1. The zero-order chi connectivity index (χ0) is 63.1. The largest absolute Gasteiger partial charge is 0.237 e. The summed E-state index contributed by atoms with van der Waals surface area (Å²) < 4.78 is 3.29. The first kappa shape index (κ1) is 74.8. The van der Waals surface area contributed by atoms with Crippen LogP contribution in [0.1, 0.15) is 261 Å². The molecule has 1 aliphatic carbocycles. The van der Waals surface area contributed by atoms with Gasteiger partial charge < -0.3 is 0 Å². The van der Waals surface area contributed by atoms with E-state index in [1.807, 2.05) is 0 Å². The Hall–Kier alpha value is -2.21. The van der Waals surface area contributed by atoms with E-state index in [1.165, 1.54) is 233 Å². The van der Waals surface area contributed by atoms with Gasteiger partial charge in [-0.05, 0) is 45.2 Å². The van der Waals surface area contributed by atoms with Crippen molar-refractivity contribution in [3.8, 4) is 0 Å². The zero-order valence-corrected chi connectivity index (χ0v) is 65.1. The molecule has 0 amide bonds. The van der Waals surface area contributed by atoms with Gasteiger partial charge in [0.2, 0.25) is 0 Å². The third kappa shape index (κ3) is 19.9. The molecule has 1 atom stereocenters. The molecule has 0 saturated heterocycles. The van der Waals surface area contributed by atoms with Crippen molar-refractivity contribution in [1.82, 2.24) is 4.44 Å². The molecule has 0 spiro atoms. The summed E-state index contributed by atoms with van der Waals surface area (Å²) >= 11 is 0. The van der Waals surface area contributed by atoms with Crippen LogP contribution in [0.4, 0.5) is 0 Å². The molecule has 88 heavy (non-hydrogen) atoms. The monoisotopic (exact) mass is 1290 g/mol. The second kappa shape index (κ2) is 40.1. The topological polar surface area (TPSA) is 3.24 Å². The maximum absolute atomic E-state index is 3.29. The van der Waals surface area contributed by atoms with Crippen molar-refractivity contribution in [3.63, 3.8) is 0 Å². The average Bonchev–Trinajstić information content (AvgIpc) is 1.98. The zero-order valence-electron chi connectivity index (χ0n) is 59.3. The van der Waals surface area contributed by atoms with E-state index in [4.69, 9.17) is 0 Å². The minimum Gasteiger partial charge on any atom is -0.237 e. The third-order valence-corrected chi connectivity index (χ3v) is 49.4. The number of fused-ring (bicyclic) bond motifs is 1. The van der Waals surface area contributed by atoms with E-state index in [2.05, 4.69) is 209 Å². The minimum absolute atomic E-state index is 0.311. The van der Waals surface area contributed by atoms with E-state index in [0.29, 0.717) is 6.04 Å². The molecule has 7 heteroatoms. The van der Waals surface area contributed by atoms with Gasteiger partial charge >= 0.3 is 0 Å². The number of rotatable bonds is 47. The molecular formula is C81H133NP2Si4. The Bertz CT molecular complexity index is 2240. The summed E-state index contributed by atoms with van der Waals surface area (Å²) in [6.45, 7) is 29.2. The predicted molar refractivity (Wildman–Crippen MR) is 416 cm³/mol. The summed E-state index contributed by atoms with van der Waals surface area (Å²) in [7, 11) is -8.98. The van der Waals surface area contributed by atoms with Gasteiger partial charge in [-0.15, -0.1) is 0 Å². The highest BCUT2D eigenvalue weighted by Crippen LogP contribution is 2.61. The first-order chi connectivity index (χ1) is 43.0. The number of unbranched alkanes of at least 4 members (excludes halogenated alkanes) is 12. The van der Waals surface area contributed by atoms with Crippen molar-refractivity contribution < 1.29 is 0 Å². The van der Waals surface area contributed by atoms with Crippen molar-refractivity contribution in [2.24, 2.45) is 0 Å². The lowest BCUT2D eigenvalue weighted by molar-refractivity contribution is 0.516. The van der Waals surface area contributed by atoms with Crippen LogP contribution >= 0.6 is 16.1 Å². The van der Waals surface area contributed by atoms with E-state index in [1.54, 1.807) is 53.1 Å². The van der Waals surface area contributed by atoms with Crippen LogP contribution in [0.2, 0.25) is 72.5 Å². The highest BCUT2D eigenvalue weighted by Gasteiger charge is 2.43. The molecule has 0 aliphatic heterocycles. The Balaban J connectivity index is 1.74. The number of hydrogen-bond acceptors (Lipinski definition) is 1. The van der Waals surface area contributed by atoms with Crippen LogP contribution in [0.15, 0.2) is 121 Å². The Labute approximate surface area is 552 Å². The van der Waals surface area contributed by atoms with Gasteiger partial charge in [0.25, 0.3) is 0 Å². The number of benzene rings is 5. The molecule has 0 heterocycles. The SMILES string of the molecule is CCCC[Si](CCCC)(CCCC)c1ccc(P(c2ccc([Si](CCCC)(CCCC)CCCC)cc2)N(C2CCc3ccccc32)P(c2ccc([Si](CCCC)(CCCC)CCCC)cc2)c2ccc([Si](CCCC)(CCCC)CCCC)cc2)cc1. The van der Waals surface area contributed by atoms with Gasteiger partial charge in [0.05, 0.1) is 32.3 Å². The van der Waals surface area contributed by atoms with Crippen molar-refractivity contribution in [1.29, 1.82) is 0 Å². The van der Waals surface area contributed by atoms with Gasteiger partial charge in [0.1, 0.15) is 0 Å². The van der Waals surface area contributed by atoms with Crippen molar-refractivity contribution in [2.75, 3.05) is 0 Å². The molecule has 0 N–H and O–H groups in total. The van der Waals surface area contributed by atoms with Gasteiger partial charge in [-0.3, -0.25) is 0 Å². The molecule has 0 saturated carbocycles. The summed E-state index contributed by atoms with van der Waals surface area (Å²) in [6.07, 6.45) is 34.4. The fraction of sp³-hybridized carbons (Fsp3) is 0.630. The molecule has 0 bridgehead atoms. The molecule has 0 fully saturated rings. The number of hydrogen-bond donors (Lipinski definition) is 0. The van der Waals surface area contributed by atoms with Gasteiger partial charge in [-0.1, -0.05) is 452 Å². The molecule has 5 aromatic carbocycles. The van der Waals surface area contributed by atoms with Crippen LogP contribution < -0.4 is 42.0 Å². The number of aryl methyl sites for hydroxylation is 1. The predicted octanol–water partition coefficient (Wildman–Crippen LogP) is 23.3. The molecule has 1 aliphatic rings. The van der Waals surface area contributed by atoms with Gasteiger partial charge in [0, 0.05) is 22.2 Å². The van der Waals surface area contributed by atoms with Crippen LogP contribution in [0.5, 0.6) is 0 Å². The lowest BCUT2D eigenvalue weighted by atomic mass is 10.1. The molecule has 1 unspecified atom stereocenters. The minimum atomic E-state index is -1.75. The molecule has 6 rings (SSSR count). The second-order valence-corrected chi connectivity index (χ2v) is 51.3. The summed E-state index contributed by atoms with van der Waals surface area (Å²) in [6, 6.07) is 71.5. The third-order valence-electron chi connectivity index (χ3n) is 21.8.